The number of rotatable bonds is 3. The Morgan fingerprint density at radius 2 is 1.72 bits per heavy atom. The van der Waals surface area contributed by atoms with Crippen molar-refractivity contribution in [2.75, 3.05) is 0 Å². The Kier molecular flexibility index (Phi) is 4.25. The number of halogens is 3. The number of benzene rings is 1. The molecule has 0 atom stereocenters. The van der Waals surface area contributed by atoms with E-state index in [1.807, 2.05) is 0 Å². The first-order valence-electron chi connectivity index (χ1n) is 4.87. The van der Waals surface area contributed by atoms with Crippen LogP contribution in [-0.4, -0.2) is 17.9 Å². The predicted molar refractivity (Wildman–Crippen MR) is 56.7 cm³/mol. The quantitative estimate of drug-likeness (QED) is 0.362. The number of carbonyl (C=O) groups is 2. The van der Waals surface area contributed by atoms with E-state index in [1.165, 1.54) is 24.3 Å². The lowest BCUT2D eigenvalue weighted by molar-refractivity contribution is -0.158. The molecule has 0 saturated carbocycles. The maximum absolute atomic E-state index is 12.5. The Labute approximate surface area is 101 Å². The number of hydrogen-bond acceptors (Lipinski definition) is 3. The van der Waals surface area contributed by atoms with Crippen molar-refractivity contribution in [3.05, 3.63) is 47.7 Å². The fourth-order valence-corrected chi connectivity index (χ4v) is 1.13. The van der Waals surface area contributed by atoms with E-state index < -0.39 is 23.7 Å². The van der Waals surface area contributed by atoms with Gasteiger partial charge in [0.05, 0.1) is 0 Å². The molecule has 0 aliphatic heterocycles. The van der Waals surface area contributed by atoms with Crippen LogP contribution in [-0.2, 0) is 9.53 Å². The Morgan fingerprint density at radius 1 is 1.17 bits per heavy atom. The van der Waals surface area contributed by atoms with Crippen LogP contribution >= 0.6 is 0 Å². The zero-order valence-corrected chi connectivity index (χ0v) is 9.32. The van der Waals surface area contributed by atoms with Crippen LogP contribution in [0.5, 0.6) is 0 Å². The number of ketones is 1. The number of esters is 1. The molecule has 0 bridgehead atoms. The molecule has 0 spiro atoms. The first kappa shape index (κ1) is 14.0. The van der Waals surface area contributed by atoms with Crippen molar-refractivity contribution >= 4 is 11.8 Å². The molecule has 0 aliphatic rings. The zero-order chi connectivity index (χ0) is 13.8. The summed E-state index contributed by atoms with van der Waals surface area (Å²) in [5.74, 6) is -3.65. The Morgan fingerprint density at radius 3 is 2.17 bits per heavy atom. The molecular formula is C12H9F3O3. The molecule has 0 saturated heterocycles. The lowest BCUT2D eigenvalue weighted by Gasteiger charge is -2.10. The topological polar surface area (TPSA) is 43.4 Å². The molecule has 3 nitrogen and oxygen atoms in total. The minimum Gasteiger partial charge on any atom is -0.421 e. The van der Waals surface area contributed by atoms with Crippen molar-refractivity contribution in [3.8, 4) is 0 Å². The van der Waals surface area contributed by atoms with Gasteiger partial charge in [-0.15, -0.1) is 0 Å². The van der Waals surface area contributed by atoms with Crippen LogP contribution in [0.3, 0.4) is 0 Å². The third-order valence-electron chi connectivity index (χ3n) is 1.85. The molecule has 1 aromatic rings. The smallest absolute Gasteiger partial charge is 0.421 e. The monoisotopic (exact) mass is 258 g/mol. The molecule has 0 fully saturated rings. The summed E-state index contributed by atoms with van der Waals surface area (Å²) in [6, 6.07) is 7.37. The van der Waals surface area contributed by atoms with Gasteiger partial charge in [0, 0.05) is 18.6 Å². The standard InChI is InChI=1S/C12H9F3O3/c1-8(16)18-11(12(13,14)15)7-10(17)9-5-3-2-4-6-9/h2-7H,1H3/b11-7-. The molecule has 0 aliphatic carbocycles. The summed E-state index contributed by atoms with van der Waals surface area (Å²) in [7, 11) is 0. The Balaban J connectivity index is 3.03. The van der Waals surface area contributed by atoms with Gasteiger partial charge in [-0.2, -0.15) is 13.2 Å². The van der Waals surface area contributed by atoms with Gasteiger partial charge in [0.15, 0.2) is 5.78 Å². The molecule has 0 amide bonds. The second-order valence-corrected chi connectivity index (χ2v) is 3.33. The fraction of sp³-hybridized carbons (Fsp3) is 0.167. The highest BCUT2D eigenvalue weighted by molar-refractivity contribution is 6.04. The summed E-state index contributed by atoms with van der Waals surface area (Å²) in [4.78, 5) is 22.1. The minimum atomic E-state index is -4.89. The van der Waals surface area contributed by atoms with Crippen LogP contribution in [0.15, 0.2) is 42.2 Å². The highest BCUT2D eigenvalue weighted by atomic mass is 19.4. The minimum absolute atomic E-state index is 0.0754. The van der Waals surface area contributed by atoms with E-state index >= 15 is 0 Å². The van der Waals surface area contributed by atoms with E-state index in [-0.39, 0.29) is 11.6 Å². The molecule has 0 N–H and O–H groups in total. The Hall–Kier alpha value is -2.11. The molecule has 0 heterocycles. The molecule has 0 aromatic heterocycles. The van der Waals surface area contributed by atoms with Crippen molar-refractivity contribution in [3.63, 3.8) is 0 Å². The van der Waals surface area contributed by atoms with Crippen molar-refractivity contribution in [1.82, 2.24) is 0 Å². The second kappa shape index (κ2) is 5.48. The lowest BCUT2D eigenvalue weighted by Crippen LogP contribution is -2.18. The Bertz CT molecular complexity index is 475. The van der Waals surface area contributed by atoms with E-state index in [0.717, 1.165) is 6.92 Å². The first-order chi connectivity index (χ1) is 8.30. The second-order valence-electron chi connectivity index (χ2n) is 3.33. The highest BCUT2D eigenvalue weighted by Gasteiger charge is 2.37. The van der Waals surface area contributed by atoms with Gasteiger partial charge in [-0.1, -0.05) is 30.3 Å². The van der Waals surface area contributed by atoms with Crippen LogP contribution in [0.25, 0.3) is 0 Å². The average molecular weight is 258 g/mol. The lowest BCUT2D eigenvalue weighted by atomic mass is 10.1. The van der Waals surface area contributed by atoms with Crippen LogP contribution in [0.1, 0.15) is 17.3 Å². The highest BCUT2D eigenvalue weighted by Crippen LogP contribution is 2.27. The third kappa shape index (κ3) is 4.04. The summed E-state index contributed by atoms with van der Waals surface area (Å²) >= 11 is 0. The summed E-state index contributed by atoms with van der Waals surface area (Å²) < 4.78 is 41.4. The largest absolute Gasteiger partial charge is 0.449 e. The molecule has 96 valence electrons. The number of alkyl halides is 3. The number of ether oxygens (including phenoxy) is 1. The predicted octanol–water partition coefficient (Wildman–Crippen LogP) is 2.88. The van der Waals surface area contributed by atoms with Crippen LogP contribution in [0, 0.1) is 0 Å². The van der Waals surface area contributed by atoms with E-state index in [9.17, 15) is 22.8 Å². The maximum atomic E-state index is 12.5. The van der Waals surface area contributed by atoms with E-state index in [4.69, 9.17) is 0 Å². The average Bonchev–Trinajstić information content (AvgIpc) is 2.27. The summed E-state index contributed by atoms with van der Waals surface area (Å²) in [6.07, 6.45) is -4.63. The molecule has 1 rings (SSSR count). The third-order valence-corrected chi connectivity index (χ3v) is 1.85. The van der Waals surface area contributed by atoms with Gasteiger partial charge in [0.2, 0.25) is 5.76 Å². The maximum Gasteiger partial charge on any atom is 0.449 e. The van der Waals surface area contributed by atoms with Crippen LogP contribution in [0.4, 0.5) is 13.2 Å². The van der Waals surface area contributed by atoms with Crippen molar-refractivity contribution in [1.29, 1.82) is 0 Å². The van der Waals surface area contributed by atoms with Gasteiger partial charge in [0.1, 0.15) is 0 Å². The van der Waals surface area contributed by atoms with E-state index in [1.54, 1.807) is 6.07 Å². The number of hydrogen-bond donors (Lipinski definition) is 0. The summed E-state index contributed by atoms with van der Waals surface area (Å²) in [5.41, 5.74) is 0.0754. The van der Waals surface area contributed by atoms with Gasteiger partial charge in [0.25, 0.3) is 0 Å². The first-order valence-corrected chi connectivity index (χ1v) is 4.87. The SMILES string of the molecule is CC(=O)O/C(=C\C(=O)c1ccccc1)C(F)(F)F. The van der Waals surface area contributed by atoms with Crippen LogP contribution < -0.4 is 0 Å². The van der Waals surface area contributed by atoms with Crippen molar-refractivity contribution in [2.45, 2.75) is 13.1 Å². The normalized spacial score (nSPS) is 12.1. The molecule has 6 heteroatoms. The molecular weight excluding hydrogens is 249 g/mol. The van der Waals surface area contributed by atoms with Gasteiger partial charge >= 0.3 is 12.1 Å². The fourth-order valence-electron chi connectivity index (χ4n) is 1.13. The van der Waals surface area contributed by atoms with Gasteiger partial charge in [-0.3, -0.25) is 9.59 Å². The van der Waals surface area contributed by atoms with Gasteiger partial charge < -0.3 is 4.74 Å². The van der Waals surface area contributed by atoms with Gasteiger partial charge in [-0.05, 0) is 0 Å². The zero-order valence-electron chi connectivity index (χ0n) is 9.32. The van der Waals surface area contributed by atoms with Crippen molar-refractivity contribution < 1.29 is 27.5 Å². The van der Waals surface area contributed by atoms with Crippen LogP contribution in [0.2, 0.25) is 0 Å². The summed E-state index contributed by atoms with van der Waals surface area (Å²) in [5, 5.41) is 0. The van der Waals surface area contributed by atoms with E-state index in [0.29, 0.717) is 0 Å². The molecule has 18 heavy (non-hydrogen) atoms. The molecule has 1 aromatic carbocycles. The molecule has 0 radical (unpaired) electrons. The number of carbonyl (C=O) groups excluding carboxylic acids is 2. The summed E-state index contributed by atoms with van der Waals surface area (Å²) in [6.45, 7) is 0.826. The van der Waals surface area contributed by atoms with Crippen molar-refractivity contribution in [2.24, 2.45) is 0 Å². The van der Waals surface area contributed by atoms with E-state index in [2.05, 4.69) is 4.74 Å². The number of allylic oxidation sites excluding steroid dienone is 2. The molecule has 0 unspecified atom stereocenters. The van der Waals surface area contributed by atoms with Gasteiger partial charge in [-0.25, -0.2) is 0 Å².